The summed E-state index contributed by atoms with van der Waals surface area (Å²) in [7, 11) is 0. The number of hydrogen-bond donors (Lipinski definition) is 0. The summed E-state index contributed by atoms with van der Waals surface area (Å²) >= 11 is 0. The maximum absolute atomic E-state index is 6.71. The highest BCUT2D eigenvalue weighted by atomic mass is 16.5. The Bertz CT molecular complexity index is 1190. The molecule has 1 heterocycles. The van der Waals surface area contributed by atoms with Crippen molar-refractivity contribution in [3.63, 3.8) is 0 Å². The molecule has 1 aliphatic heterocycles. The van der Waals surface area contributed by atoms with Crippen LogP contribution in [-0.4, -0.2) is 36.3 Å². The van der Waals surface area contributed by atoms with Gasteiger partial charge < -0.3 is 14.2 Å². The molecule has 0 spiro atoms. The smallest absolute Gasteiger partial charge is 0.102 e. The van der Waals surface area contributed by atoms with Crippen molar-refractivity contribution in [3.05, 3.63) is 144 Å². The van der Waals surface area contributed by atoms with E-state index in [1.54, 1.807) is 0 Å². The Labute approximate surface area is 226 Å². The molecule has 38 heavy (non-hydrogen) atoms. The van der Waals surface area contributed by atoms with Gasteiger partial charge in [0, 0.05) is 13.1 Å². The molecule has 4 aromatic rings. The van der Waals surface area contributed by atoms with E-state index in [2.05, 4.69) is 108 Å². The van der Waals surface area contributed by atoms with Gasteiger partial charge >= 0.3 is 0 Å². The van der Waals surface area contributed by atoms with Crippen LogP contribution in [0, 0.1) is 0 Å². The lowest BCUT2D eigenvalue weighted by molar-refractivity contribution is -0.159. The second-order valence-electron chi connectivity index (χ2n) is 9.91. The molecule has 0 aromatic heterocycles. The van der Waals surface area contributed by atoms with Gasteiger partial charge in [-0.15, -0.1) is 0 Å². The van der Waals surface area contributed by atoms with Crippen LogP contribution < -0.4 is 0 Å². The van der Waals surface area contributed by atoms with E-state index < -0.39 is 0 Å². The first kappa shape index (κ1) is 26.3. The molecule has 0 amide bonds. The zero-order valence-corrected chi connectivity index (χ0v) is 21.9. The first-order valence-corrected chi connectivity index (χ1v) is 13.6. The van der Waals surface area contributed by atoms with Crippen LogP contribution in [0.3, 0.4) is 0 Å². The highest BCUT2D eigenvalue weighted by Crippen LogP contribution is 2.28. The third-order valence-corrected chi connectivity index (χ3v) is 7.14. The molecule has 0 radical (unpaired) electrons. The fraction of sp³-hybridized carbons (Fsp3) is 0.294. The summed E-state index contributed by atoms with van der Waals surface area (Å²) < 4.78 is 19.6. The van der Waals surface area contributed by atoms with Crippen LogP contribution in [-0.2, 0) is 40.6 Å². The first-order chi connectivity index (χ1) is 18.8. The van der Waals surface area contributed by atoms with Gasteiger partial charge in [-0.05, 0) is 28.7 Å². The SMILES string of the molecule is c1ccc(COC[C@@H]2[C@@H](OCc3ccccc3)[C@H](OCc3ccccc3)CCN2Cc2ccccc2)cc1. The Morgan fingerprint density at radius 2 is 1.03 bits per heavy atom. The molecule has 0 saturated carbocycles. The maximum Gasteiger partial charge on any atom is 0.102 e. The van der Waals surface area contributed by atoms with E-state index in [1.165, 1.54) is 22.3 Å². The van der Waals surface area contributed by atoms with E-state index >= 15 is 0 Å². The van der Waals surface area contributed by atoms with Crippen LogP contribution in [0.15, 0.2) is 121 Å². The number of likely N-dealkylation sites (tertiary alicyclic amines) is 1. The first-order valence-electron chi connectivity index (χ1n) is 13.6. The van der Waals surface area contributed by atoms with Crippen molar-refractivity contribution in [3.8, 4) is 0 Å². The van der Waals surface area contributed by atoms with Crippen LogP contribution >= 0.6 is 0 Å². The standard InChI is InChI=1S/C34H37NO3/c1-5-13-28(14-6-1)23-35-22-21-33(37-25-30-17-9-3-10-18-30)34(38-26-31-19-11-4-12-20-31)32(35)27-36-24-29-15-7-2-8-16-29/h1-20,32-34H,21-27H2/t32-,33-,34-/m1/s1. The number of ether oxygens (including phenoxy) is 3. The molecule has 1 saturated heterocycles. The molecular weight excluding hydrogens is 470 g/mol. The molecule has 196 valence electrons. The van der Waals surface area contributed by atoms with E-state index in [0.717, 1.165) is 19.5 Å². The van der Waals surface area contributed by atoms with Crippen LogP contribution in [0.1, 0.15) is 28.7 Å². The summed E-state index contributed by atoms with van der Waals surface area (Å²) in [5, 5.41) is 0. The Morgan fingerprint density at radius 3 is 1.58 bits per heavy atom. The average molecular weight is 508 g/mol. The highest BCUT2D eigenvalue weighted by Gasteiger charge is 2.40. The molecular formula is C34H37NO3. The number of hydrogen-bond acceptors (Lipinski definition) is 4. The van der Waals surface area contributed by atoms with Crippen LogP contribution in [0.2, 0.25) is 0 Å². The number of rotatable bonds is 12. The minimum atomic E-state index is -0.118. The van der Waals surface area contributed by atoms with Gasteiger partial charge in [-0.25, -0.2) is 0 Å². The molecule has 1 aliphatic rings. The minimum absolute atomic E-state index is 0.0173. The lowest BCUT2D eigenvalue weighted by atomic mass is 9.95. The largest absolute Gasteiger partial charge is 0.375 e. The van der Waals surface area contributed by atoms with Crippen molar-refractivity contribution in [1.29, 1.82) is 0 Å². The van der Waals surface area contributed by atoms with Crippen molar-refractivity contribution in [2.75, 3.05) is 13.2 Å². The van der Waals surface area contributed by atoms with Crippen LogP contribution in [0.5, 0.6) is 0 Å². The van der Waals surface area contributed by atoms with Gasteiger partial charge in [0.05, 0.1) is 38.6 Å². The molecule has 4 heteroatoms. The zero-order valence-electron chi connectivity index (χ0n) is 21.9. The average Bonchev–Trinajstić information content (AvgIpc) is 2.98. The molecule has 4 aromatic carbocycles. The van der Waals surface area contributed by atoms with E-state index in [0.29, 0.717) is 26.4 Å². The number of piperidine rings is 1. The predicted molar refractivity (Wildman–Crippen MR) is 151 cm³/mol. The maximum atomic E-state index is 6.71. The topological polar surface area (TPSA) is 30.9 Å². The van der Waals surface area contributed by atoms with Crippen molar-refractivity contribution < 1.29 is 14.2 Å². The summed E-state index contributed by atoms with van der Waals surface area (Å²) in [6, 6.07) is 41.9. The Balaban J connectivity index is 1.35. The molecule has 0 bridgehead atoms. The third-order valence-electron chi connectivity index (χ3n) is 7.14. The van der Waals surface area contributed by atoms with Gasteiger partial charge in [-0.2, -0.15) is 0 Å². The second kappa shape index (κ2) is 14.0. The summed E-state index contributed by atoms with van der Waals surface area (Å²) in [6.45, 7) is 4.07. The van der Waals surface area contributed by atoms with Gasteiger partial charge in [-0.1, -0.05) is 121 Å². The van der Waals surface area contributed by atoms with Gasteiger partial charge in [-0.3, -0.25) is 4.90 Å². The van der Waals surface area contributed by atoms with Gasteiger partial charge in [0.2, 0.25) is 0 Å². The fourth-order valence-corrected chi connectivity index (χ4v) is 5.11. The van der Waals surface area contributed by atoms with Gasteiger partial charge in [0.15, 0.2) is 0 Å². The highest BCUT2D eigenvalue weighted by molar-refractivity contribution is 5.17. The zero-order chi connectivity index (χ0) is 25.8. The summed E-state index contributed by atoms with van der Waals surface area (Å²) in [5.74, 6) is 0. The normalized spacial score (nSPS) is 19.8. The van der Waals surface area contributed by atoms with Crippen LogP contribution in [0.4, 0.5) is 0 Å². The summed E-state index contributed by atoms with van der Waals surface area (Å²) in [4.78, 5) is 2.51. The lowest BCUT2D eigenvalue weighted by Gasteiger charge is -2.45. The quantitative estimate of drug-likeness (QED) is 0.215. The molecule has 5 rings (SSSR count). The lowest BCUT2D eigenvalue weighted by Crippen LogP contribution is -2.57. The monoisotopic (exact) mass is 507 g/mol. The van der Waals surface area contributed by atoms with Crippen LogP contribution in [0.25, 0.3) is 0 Å². The second-order valence-corrected chi connectivity index (χ2v) is 9.91. The van der Waals surface area contributed by atoms with Gasteiger partial charge in [0.1, 0.15) is 6.10 Å². The van der Waals surface area contributed by atoms with E-state index in [-0.39, 0.29) is 18.2 Å². The predicted octanol–water partition coefficient (Wildman–Crippen LogP) is 6.65. The third kappa shape index (κ3) is 7.62. The van der Waals surface area contributed by atoms with Crippen molar-refractivity contribution >= 4 is 0 Å². The minimum Gasteiger partial charge on any atom is -0.375 e. The van der Waals surface area contributed by atoms with E-state index in [9.17, 15) is 0 Å². The fourth-order valence-electron chi connectivity index (χ4n) is 5.11. The molecule has 4 nitrogen and oxygen atoms in total. The number of nitrogens with zero attached hydrogens (tertiary/aromatic N) is 1. The summed E-state index contributed by atoms with van der Waals surface area (Å²) in [5.41, 5.74) is 4.82. The molecule has 3 atom stereocenters. The molecule has 0 unspecified atom stereocenters. The Hall–Kier alpha value is -3.28. The number of benzene rings is 4. The van der Waals surface area contributed by atoms with Crippen molar-refractivity contribution in [2.45, 2.75) is 51.0 Å². The van der Waals surface area contributed by atoms with E-state index in [4.69, 9.17) is 14.2 Å². The van der Waals surface area contributed by atoms with Gasteiger partial charge in [0.25, 0.3) is 0 Å². The van der Waals surface area contributed by atoms with Crippen molar-refractivity contribution in [2.24, 2.45) is 0 Å². The molecule has 1 fully saturated rings. The Morgan fingerprint density at radius 1 is 0.553 bits per heavy atom. The molecule has 0 N–H and O–H groups in total. The Kier molecular flexibility index (Phi) is 9.72. The molecule has 0 aliphatic carbocycles. The van der Waals surface area contributed by atoms with E-state index in [1.807, 2.05) is 18.2 Å². The summed E-state index contributed by atoms with van der Waals surface area (Å²) in [6.07, 6.45) is 0.775. The van der Waals surface area contributed by atoms with Crippen molar-refractivity contribution in [1.82, 2.24) is 4.90 Å².